The van der Waals surface area contributed by atoms with Crippen molar-refractivity contribution in [3.63, 3.8) is 0 Å². The van der Waals surface area contributed by atoms with E-state index >= 15 is 0 Å². The summed E-state index contributed by atoms with van der Waals surface area (Å²) in [5.74, 6) is 0.582. The van der Waals surface area contributed by atoms with Crippen molar-refractivity contribution in [2.45, 2.75) is 19.3 Å². The number of aryl methyl sites for hydroxylation is 1. The van der Waals surface area contributed by atoms with Gasteiger partial charge in [0.05, 0.1) is 5.88 Å². The summed E-state index contributed by atoms with van der Waals surface area (Å²) in [6.07, 6.45) is 0.335. The number of quaternary nitrogens is 1. The zero-order valence-electron chi connectivity index (χ0n) is 8.24. The third kappa shape index (κ3) is 2.08. The van der Waals surface area contributed by atoms with Crippen LogP contribution in [0.15, 0.2) is 24.3 Å². The number of halogens is 1. The van der Waals surface area contributed by atoms with E-state index in [1.165, 1.54) is 11.1 Å². The molecule has 0 aliphatic carbocycles. The monoisotopic (exact) mass is 212 g/mol. The van der Waals surface area contributed by atoms with Crippen molar-refractivity contribution < 1.29 is 10.1 Å². The summed E-state index contributed by atoms with van der Waals surface area (Å²) in [5, 5.41) is 2.19. The minimum atomic E-state index is 0.138. The van der Waals surface area contributed by atoms with Crippen molar-refractivity contribution in [1.29, 1.82) is 0 Å². The Morgan fingerprint density at radius 2 is 2.14 bits per heavy atom. The first kappa shape index (κ1) is 9.97. The van der Waals surface area contributed by atoms with Crippen LogP contribution < -0.4 is 5.32 Å². The fourth-order valence-corrected chi connectivity index (χ4v) is 1.86. The molecule has 1 fully saturated rings. The Hall–Kier alpha value is -0.570. The van der Waals surface area contributed by atoms with Gasteiger partial charge in [0.2, 0.25) is 6.23 Å². The highest BCUT2D eigenvalue weighted by atomic mass is 35.5. The van der Waals surface area contributed by atoms with Gasteiger partial charge in [0.15, 0.2) is 0 Å². The Balaban J connectivity index is 2.06. The van der Waals surface area contributed by atoms with Gasteiger partial charge < -0.3 is 10.1 Å². The maximum absolute atomic E-state index is 5.75. The van der Waals surface area contributed by atoms with Gasteiger partial charge in [-0.1, -0.05) is 29.8 Å². The van der Waals surface area contributed by atoms with Crippen LogP contribution in [-0.4, -0.2) is 18.5 Å². The molecule has 2 N–H and O–H groups in total. The molecule has 1 aromatic rings. The zero-order chi connectivity index (χ0) is 9.97. The van der Waals surface area contributed by atoms with Crippen molar-refractivity contribution in [1.82, 2.24) is 0 Å². The summed E-state index contributed by atoms with van der Waals surface area (Å²) in [6, 6.07) is 8.46. The van der Waals surface area contributed by atoms with E-state index in [4.69, 9.17) is 16.3 Å². The van der Waals surface area contributed by atoms with Gasteiger partial charge >= 0.3 is 0 Å². The summed E-state index contributed by atoms with van der Waals surface area (Å²) >= 11 is 5.74. The van der Waals surface area contributed by atoms with E-state index in [-0.39, 0.29) is 12.3 Å². The molecule has 1 aromatic carbocycles. The van der Waals surface area contributed by atoms with E-state index in [2.05, 4.69) is 36.5 Å². The summed E-state index contributed by atoms with van der Waals surface area (Å²) in [4.78, 5) is 0. The van der Waals surface area contributed by atoms with Crippen molar-refractivity contribution in [3.05, 3.63) is 35.4 Å². The Bertz CT molecular complexity index is 299. The largest absolute Gasteiger partial charge is 0.315 e. The molecule has 2 rings (SSSR count). The fraction of sp³-hybridized carbons (Fsp3) is 0.455. The van der Waals surface area contributed by atoms with Crippen LogP contribution in [0.2, 0.25) is 0 Å². The lowest BCUT2D eigenvalue weighted by Gasteiger charge is -2.07. The van der Waals surface area contributed by atoms with Gasteiger partial charge in [-0.3, -0.25) is 0 Å². The predicted molar refractivity (Wildman–Crippen MR) is 56.3 cm³/mol. The Morgan fingerprint density at radius 3 is 2.71 bits per heavy atom. The second-order valence-electron chi connectivity index (χ2n) is 3.72. The first-order valence-electron chi connectivity index (χ1n) is 4.91. The third-order valence-electron chi connectivity index (χ3n) is 2.53. The summed E-state index contributed by atoms with van der Waals surface area (Å²) in [7, 11) is 0. The SMILES string of the molecule is Cc1ccc([C@@H]2[NH2+]C[C@H](CCl)O2)cc1. The van der Waals surface area contributed by atoms with E-state index < -0.39 is 0 Å². The van der Waals surface area contributed by atoms with E-state index in [1.54, 1.807) is 0 Å². The number of nitrogens with two attached hydrogens (primary N) is 1. The third-order valence-corrected chi connectivity index (χ3v) is 2.87. The Morgan fingerprint density at radius 1 is 1.43 bits per heavy atom. The first-order valence-corrected chi connectivity index (χ1v) is 5.44. The highest BCUT2D eigenvalue weighted by molar-refractivity contribution is 6.18. The van der Waals surface area contributed by atoms with Gasteiger partial charge in [0.25, 0.3) is 0 Å². The summed E-state index contributed by atoms with van der Waals surface area (Å²) in [6.45, 7) is 3.05. The molecule has 3 heteroatoms. The molecule has 1 heterocycles. The highest BCUT2D eigenvalue weighted by Gasteiger charge is 2.28. The van der Waals surface area contributed by atoms with Gasteiger partial charge in [-0.05, 0) is 6.92 Å². The second-order valence-corrected chi connectivity index (χ2v) is 4.02. The number of alkyl halides is 1. The van der Waals surface area contributed by atoms with Gasteiger partial charge in [-0.25, -0.2) is 0 Å². The molecular formula is C11H15ClNO+. The number of hydrogen-bond acceptors (Lipinski definition) is 1. The molecule has 0 radical (unpaired) electrons. The molecule has 2 atom stereocenters. The number of benzene rings is 1. The Kier molecular flexibility index (Phi) is 3.06. The maximum atomic E-state index is 5.75. The van der Waals surface area contributed by atoms with E-state index in [0.717, 1.165) is 6.54 Å². The molecule has 76 valence electrons. The van der Waals surface area contributed by atoms with Crippen LogP contribution in [0, 0.1) is 6.92 Å². The molecular weight excluding hydrogens is 198 g/mol. The standard InChI is InChI=1S/C11H14ClNO/c1-8-2-4-9(5-3-8)11-13-7-10(6-12)14-11/h2-5,10-11,13H,6-7H2,1H3/p+1/t10-,11+/m0/s1. The second kappa shape index (κ2) is 4.30. The minimum absolute atomic E-state index is 0.138. The van der Waals surface area contributed by atoms with Gasteiger partial charge in [0, 0.05) is 5.56 Å². The average molecular weight is 213 g/mol. The molecule has 1 saturated heterocycles. The minimum Gasteiger partial charge on any atom is -0.315 e. The highest BCUT2D eigenvalue weighted by Crippen LogP contribution is 2.16. The first-order chi connectivity index (χ1) is 6.79. The fourth-order valence-electron chi connectivity index (χ4n) is 1.66. The molecule has 2 nitrogen and oxygen atoms in total. The molecule has 14 heavy (non-hydrogen) atoms. The van der Waals surface area contributed by atoms with Gasteiger partial charge in [0.1, 0.15) is 12.6 Å². The predicted octanol–water partition coefficient (Wildman–Crippen LogP) is 1.19. The van der Waals surface area contributed by atoms with Crippen LogP contribution in [-0.2, 0) is 4.74 Å². The molecule has 0 unspecified atom stereocenters. The number of hydrogen-bond donors (Lipinski definition) is 1. The van der Waals surface area contributed by atoms with Crippen LogP contribution in [0.3, 0.4) is 0 Å². The normalized spacial score (nSPS) is 26.7. The topological polar surface area (TPSA) is 25.8 Å². The van der Waals surface area contributed by atoms with Gasteiger partial charge in [-0.2, -0.15) is 0 Å². The molecule has 0 aromatic heterocycles. The van der Waals surface area contributed by atoms with E-state index in [1.807, 2.05) is 0 Å². The zero-order valence-corrected chi connectivity index (χ0v) is 9.00. The summed E-state index contributed by atoms with van der Waals surface area (Å²) in [5.41, 5.74) is 2.50. The molecule has 1 aliphatic rings. The number of rotatable bonds is 2. The maximum Gasteiger partial charge on any atom is 0.217 e. The van der Waals surface area contributed by atoms with Crippen LogP contribution in [0.4, 0.5) is 0 Å². The van der Waals surface area contributed by atoms with E-state index in [0.29, 0.717) is 5.88 Å². The lowest BCUT2D eigenvalue weighted by Crippen LogP contribution is -2.82. The molecule has 0 amide bonds. The lowest BCUT2D eigenvalue weighted by atomic mass is 10.1. The van der Waals surface area contributed by atoms with Crippen molar-refractivity contribution in [3.8, 4) is 0 Å². The average Bonchev–Trinajstić information content (AvgIpc) is 2.67. The van der Waals surface area contributed by atoms with E-state index in [9.17, 15) is 0 Å². The smallest absolute Gasteiger partial charge is 0.217 e. The summed E-state index contributed by atoms with van der Waals surface area (Å²) < 4.78 is 5.75. The van der Waals surface area contributed by atoms with Crippen LogP contribution in [0.25, 0.3) is 0 Å². The molecule has 0 bridgehead atoms. The molecule has 0 spiro atoms. The van der Waals surface area contributed by atoms with Crippen LogP contribution >= 0.6 is 11.6 Å². The van der Waals surface area contributed by atoms with Crippen molar-refractivity contribution in [2.24, 2.45) is 0 Å². The van der Waals surface area contributed by atoms with Gasteiger partial charge in [-0.15, -0.1) is 11.6 Å². The van der Waals surface area contributed by atoms with Crippen LogP contribution in [0.5, 0.6) is 0 Å². The van der Waals surface area contributed by atoms with Crippen molar-refractivity contribution in [2.75, 3.05) is 12.4 Å². The quantitative estimate of drug-likeness (QED) is 0.733. The molecule has 0 saturated carbocycles. The number of ether oxygens (including phenoxy) is 1. The van der Waals surface area contributed by atoms with Crippen molar-refractivity contribution >= 4 is 11.6 Å². The van der Waals surface area contributed by atoms with Crippen LogP contribution in [0.1, 0.15) is 17.4 Å². The lowest BCUT2D eigenvalue weighted by molar-refractivity contribution is -0.697. The Labute approximate surface area is 89.2 Å². The molecule has 1 aliphatic heterocycles.